The van der Waals surface area contributed by atoms with E-state index in [1.54, 1.807) is 19.1 Å². The van der Waals surface area contributed by atoms with E-state index in [2.05, 4.69) is 22.5 Å². The molecule has 2 aromatic rings. The molecule has 7 heteroatoms. The van der Waals surface area contributed by atoms with Crippen molar-refractivity contribution in [1.82, 2.24) is 15.2 Å². The number of rotatable bonds is 3. The van der Waals surface area contributed by atoms with Gasteiger partial charge in [0.1, 0.15) is 11.5 Å². The summed E-state index contributed by atoms with van der Waals surface area (Å²) in [6, 6.07) is 11.1. The number of hydrazone groups is 1. The first-order valence-electron chi connectivity index (χ1n) is 9.76. The maximum atomic E-state index is 13.0. The van der Waals surface area contributed by atoms with Crippen molar-refractivity contribution >= 4 is 23.6 Å². The molecule has 2 aliphatic heterocycles. The summed E-state index contributed by atoms with van der Waals surface area (Å²) >= 11 is 0. The summed E-state index contributed by atoms with van der Waals surface area (Å²) in [6.45, 7) is 5.17. The molecule has 2 amide bonds. The van der Waals surface area contributed by atoms with E-state index in [1.807, 2.05) is 35.2 Å². The number of hydrogen-bond acceptors (Lipinski definition) is 5. The monoisotopic (exact) mass is 392 g/mol. The molecule has 0 aliphatic carbocycles. The number of furan rings is 1. The van der Waals surface area contributed by atoms with Crippen LogP contribution in [0.3, 0.4) is 0 Å². The van der Waals surface area contributed by atoms with Crippen LogP contribution in [0.2, 0.25) is 0 Å². The van der Waals surface area contributed by atoms with Gasteiger partial charge in [0.15, 0.2) is 0 Å². The smallest absolute Gasteiger partial charge is 0.273 e. The lowest BCUT2D eigenvalue weighted by Gasteiger charge is -2.20. The van der Waals surface area contributed by atoms with Crippen molar-refractivity contribution in [1.29, 1.82) is 0 Å². The van der Waals surface area contributed by atoms with Crippen molar-refractivity contribution in [2.24, 2.45) is 5.10 Å². The first-order valence-corrected chi connectivity index (χ1v) is 9.76. The lowest BCUT2D eigenvalue weighted by Crippen LogP contribution is -2.34. The summed E-state index contributed by atoms with van der Waals surface area (Å²) in [4.78, 5) is 28.9. The Morgan fingerprint density at radius 3 is 2.83 bits per heavy atom. The molecule has 7 nitrogen and oxygen atoms in total. The van der Waals surface area contributed by atoms with Gasteiger partial charge < -0.3 is 14.2 Å². The lowest BCUT2D eigenvalue weighted by atomic mass is 10.1. The Labute approximate surface area is 169 Å². The number of nitrogens with zero attached hydrogens (tertiary/aromatic N) is 3. The summed E-state index contributed by atoms with van der Waals surface area (Å²) < 4.78 is 5.90. The topological polar surface area (TPSA) is 78.2 Å². The van der Waals surface area contributed by atoms with Crippen molar-refractivity contribution < 1.29 is 14.0 Å². The van der Waals surface area contributed by atoms with Crippen LogP contribution in [0.5, 0.6) is 0 Å². The van der Waals surface area contributed by atoms with E-state index in [-0.39, 0.29) is 11.8 Å². The Bertz CT molecular complexity index is 1000. The SMILES string of the molecule is CC1=NNC(=O)/C1=C\c1ccc(-c2cccc(C(=O)N3CCCN(C)CC3)c2)o1. The number of carbonyl (C=O) groups excluding carboxylic acids is 2. The minimum Gasteiger partial charge on any atom is -0.457 e. The van der Waals surface area contributed by atoms with Gasteiger partial charge in [0, 0.05) is 30.8 Å². The quantitative estimate of drug-likeness (QED) is 0.815. The largest absolute Gasteiger partial charge is 0.457 e. The normalized spacial score (nSPS) is 19.2. The Balaban J connectivity index is 1.54. The summed E-state index contributed by atoms with van der Waals surface area (Å²) in [5, 5.41) is 3.91. The molecule has 150 valence electrons. The fourth-order valence-corrected chi connectivity index (χ4v) is 3.55. The molecule has 0 unspecified atom stereocenters. The van der Waals surface area contributed by atoms with Gasteiger partial charge in [-0.1, -0.05) is 12.1 Å². The standard InChI is InChI=1S/C22H24N4O3/c1-15-19(21(27)24-23-15)14-18-7-8-20(29-18)16-5-3-6-17(13-16)22(28)26-10-4-9-25(2)11-12-26/h3,5-8,13-14H,4,9-12H2,1-2H3,(H,24,27)/b19-14-. The molecule has 4 rings (SSSR count). The second kappa shape index (κ2) is 8.05. The van der Waals surface area contributed by atoms with Crippen molar-refractivity contribution in [3.8, 4) is 11.3 Å². The summed E-state index contributed by atoms with van der Waals surface area (Å²) in [5.41, 5.74) is 5.03. The molecule has 2 aliphatic rings. The van der Waals surface area contributed by atoms with Crippen molar-refractivity contribution in [2.75, 3.05) is 33.2 Å². The van der Waals surface area contributed by atoms with E-state index in [4.69, 9.17) is 4.42 Å². The fourth-order valence-electron chi connectivity index (χ4n) is 3.55. The fraction of sp³-hybridized carbons (Fsp3) is 0.318. The van der Waals surface area contributed by atoms with Gasteiger partial charge >= 0.3 is 0 Å². The third-order valence-electron chi connectivity index (χ3n) is 5.27. The van der Waals surface area contributed by atoms with Gasteiger partial charge in [-0.3, -0.25) is 9.59 Å². The molecule has 1 N–H and O–H groups in total. The first kappa shape index (κ1) is 19.1. The summed E-state index contributed by atoms with van der Waals surface area (Å²) in [5.74, 6) is 1.02. The van der Waals surface area contributed by atoms with E-state index in [0.717, 1.165) is 38.2 Å². The molecule has 29 heavy (non-hydrogen) atoms. The zero-order valence-corrected chi connectivity index (χ0v) is 16.6. The highest BCUT2D eigenvalue weighted by molar-refractivity contribution is 6.26. The van der Waals surface area contributed by atoms with Crippen molar-refractivity contribution in [3.05, 3.63) is 53.3 Å². The van der Waals surface area contributed by atoms with Gasteiger partial charge in [0.25, 0.3) is 11.8 Å². The molecule has 0 bridgehead atoms. The zero-order chi connectivity index (χ0) is 20.4. The number of nitrogens with one attached hydrogen (secondary N) is 1. The van der Waals surface area contributed by atoms with Gasteiger partial charge in [0.2, 0.25) is 0 Å². The molecule has 0 saturated carbocycles. The van der Waals surface area contributed by atoms with Crippen LogP contribution in [0.25, 0.3) is 17.4 Å². The van der Waals surface area contributed by atoms with Crippen LogP contribution in [-0.4, -0.2) is 60.6 Å². The predicted octanol–water partition coefficient (Wildman–Crippen LogP) is 2.61. The highest BCUT2D eigenvalue weighted by Crippen LogP contribution is 2.25. The van der Waals surface area contributed by atoms with E-state index < -0.39 is 0 Å². The molecule has 1 aromatic heterocycles. The second-order valence-electron chi connectivity index (χ2n) is 7.43. The van der Waals surface area contributed by atoms with Crippen LogP contribution in [0.15, 0.2) is 51.5 Å². The van der Waals surface area contributed by atoms with Gasteiger partial charge in [0.05, 0.1) is 11.3 Å². The number of benzene rings is 1. The minimum absolute atomic E-state index is 0.0468. The number of likely N-dealkylation sites (N-methyl/N-ethyl adjacent to an activating group) is 1. The van der Waals surface area contributed by atoms with E-state index in [0.29, 0.717) is 28.4 Å². The molecule has 0 spiro atoms. The molecule has 0 radical (unpaired) electrons. The summed E-state index contributed by atoms with van der Waals surface area (Å²) in [6.07, 6.45) is 2.65. The average Bonchev–Trinajstić information content (AvgIpc) is 3.25. The second-order valence-corrected chi connectivity index (χ2v) is 7.43. The predicted molar refractivity (Wildman–Crippen MR) is 111 cm³/mol. The third-order valence-corrected chi connectivity index (χ3v) is 5.27. The molecular formula is C22H24N4O3. The molecule has 0 atom stereocenters. The highest BCUT2D eigenvalue weighted by Gasteiger charge is 2.21. The van der Waals surface area contributed by atoms with Gasteiger partial charge in [-0.25, -0.2) is 5.43 Å². The number of carbonyl (C=O) groups is 2. The molecule has 1 saturated heterocycles. The van der Waals surface area contributed by atoms with Crippen LogP contribution in [0.1, 0.15) is 29.5 Å². The first-order chi connectivity index (χ1) is 14.0. The number of amides is 2. The molecule has 1 fully saturated rings. The Hall–Kier alpha value is -3.19. The minimum atomic E-state index is -0.240. The maximum Gasteiger partial charge on any atom is 0.273 e. The third kappa shape index (κ3) is 4.14. The maximum absolute atomic E-state index is 13.0. The molecular weight excluding hydrogens is 368 g/mol. The average molecular weight is 392 g/mol. The van der Waals surface area contributed by atoms with E-state index in [1.165, 1.54) is 0 Å². The Kier molecular flexibility index (Phi) is 5.31. The van der Waals surface area contributed by atoms with Crippen LogP contribution >= 0.6 is 0 Å². The van der Waals surface area contributed by atoms with Gasteiger partial charge in [-0.2, -0.15) is 5.10 Å². The van der Waals surface area contributed by atoms with Crippen LogP contribution in [0.4, 0.5) is 0 Å². The molecule has 1 aromatic carbocycles. The Morgan fingerprint density at radius 1 is 1.17 bits per heavy atom. The Morgan fingerprint density at radius 2 is 2.03 bits per heavy atom. The van der Waals surface area contributed by atoms with Crippen LogP contribution in [0, 0.1) is 0 Å². The zero-order valence-electron chi connectivity index (χ0n) is 16.6. The number of hydrogen-bond donors (Lipinski definition) is 1. The van der Waals surface area contributed by atoms with Crippen LogP contribution in [-0.2, 0) is 4.79 Å². The van der Waals surface area contributed by atoms with E-state index >= 15 is 0 Å². The van der Waals surface area contributed by atoms with Crippen molar-refractivity contribution in [2.45, 2.75) is 13.3 Å². The van der Waals surface area contributed by atoms with Gasteiger partial charge in [-0.05, 0) is 57.3 Å². The van der Waals surface area contributed by atoms with Gasteiger partial charge in [-0.15, -0.1) is 0 Å². The highest BCUT2D eigenvalue weighted by atomic mass is 16.3. The van der Waals surface area contributed by atoms with Crippen molar-refractivity contribution in [3.63, 3.8) is 0 Å². The van der Waals surface area contributed by atoms with Crippen LogP contribution < -0.4 is 5.43 Å². The lowest BCUT2D eigenvalue weighted by molar-refractivity contribution is -0.116. The molecule has 3 heterocycles. The summed E-state index contributed by atoms with van der Waals surface area (Å²) in [7, 11) is 2.08. The van der Waals surface area contributed by atoms with E-state index in [9.17, 15) is 9.59 Å².